The SMILES string of the molecule is CCCc1noc(CN(CCC)CC2CC2)n1. The molecule has 1 aromatic rings. The van der Waals surface area contributed by atoms with Crippen LogP contribution in [0.3, 0.4) is 0 Å². The maximum Gasteiger partial charge on any atom is 0.240 e. The summed E-state index contributed by atoms with van der Waals surface area (Å²) >= 11 is 0. The lowest BCUT2D eigenvalue weighted by Crippen LogP contribution is -2.26. The van der Waals surface area contributed by atoms with Crippen molar-refractivity contribution in [2.24, 2.45) is 5.92 Å². The first-order valence-electron chi connectivity index (χ1n) is 6.85. The van der Waals surface area contributed by atoms with Crippen molar-refractivity contribution in [2.75, 3.05) is 13.1 Å². The average molecular weight is 237 g/mol. The molecule has 0 spiro atoms. The third-order valence-electron chi connectivity index (χ3n) is 3.10. The molecule has 96 valence electrons. The van der Waals surface area contributed by atoms with Crippen LogP contribution in [0, 0.1) is 5.92 Å². The molecule has 1 aliphatic rings. The zero-order valence-electron chi connectivity index (χ0n) is 11.0. The second-order valence-electron chi connectivity index (χ2n) is 5.03. The lowest BCUT2D eigenvalue weighted by atomic mass is 10.3. The predicted molar refractivity (Wildman–Crippen MR) is 66.6 cm³/mol. The van der Waals surface area contributed by atoms with Crippen LogP contribution in [-0.2, 0) is 13.0 Å². The Balaban J connectivity index is 1.85. The van der Waals surface area contributed by atoms with E-state index in [0.717, 1.165) is 43.6 Å². The van der Waals surface area contributed by atoms with Crippen LogP contribution in [-0.4, -0.2) is 28.1 Å². The highest BCUT2D eigenvalue weighted by molar-refractivity contribution is 4.87. The second kappa shape index (κ2) is 6.15. The molecule has 0 bridgehead atoms. The van der Waals surface area contributed by atoms with Gasteiger partial charge in [-0.15, -0.1) is 0 Å². The van der Waals surface area contributed by atoms with E-state index in [0.29, 0.717) is 0 Å². The van der Waals surface area contributed by atoms with E-state index in [1.54, 1.807) is 0 Å². The van der Waals surface area contributed by atoms with Gasteiger partial charge in [0, 0.05) is 13.0 Å². The number of aryl methyl sites for hydroxylation is 1. The van der Waals surface area contributed by atoms with E-state index in [4.69, 9.17) is 4.52 Å². The topological polar surface area (TPSA) is 42.2 Å². The fourth-order valence-corrected chi connectivity index (χ4v) is 2.09. The van der Waals surface area contributed by atoms with E-state index in [2.05, 4.69) is 28.9 Å². The van der Waals surface area contributed by atoms with Crippen LogP contribution in [0.15, 0.2) is 4.52 Å². The van der Waals surface area contributed by atoms with E-state index in [9.17, 15) is 0 Å². The zero-order valence-corrected chi connectivity index (χ0v) is 11.0. The molecule has 4 heteroatoms. The minimum atomic E-state index is 0.780. The summed E-state index contributed by atoms with van der Waals surface area (Å²) in [4.78, 5) is 6.88. The molecule has 1 aliphatic carbocycles. The van der Waals surface area contributed by atoms with Crippen molar-refractivity contribution in [1.29, 1.82) is 0 Å². The fourth-order valence-electron chi connectivity index (χ4n) is 2.09. The van der Waals surface area contributed by atoms with E-state index >= 15 is 0 Å². The van der Waals surface area contributed by atoms with Gasteiger partial charge >= 0.3 is 0 Å². The average Bonchev–Trinajstić information content (AvgIpc) is 3.00. The summed E-state index contributed by atoms with van der Waals surface area (Å²) in [6, 6.07) is 0. The van der Waals surface area contributed by atoms with Gasteiger partial charge in [-0.3, -0.25) is 4.90 Å². The smallest absolute Gasteiger partial charge is 0.240 e. The Hall–Kier alpha value is -0.900. The first kappa shape index (κ1) is 12.6. The van der Waals surface area contributed by atoms with Gasteiger partial charge in [-0.05, 0) is 38.1 Å². The van der Waals surface area contributed by atoms with Gasteiger partial charge in [-0.1, -0.05) is 19.0 Å². The highest BCUT2D eigenvalue weighted by Crippen LogP contribution is 2.30. The molecule has 1 heterocycles. The number of hydrogen-bond acceptors (Lipinski definition) is 4. The van der Waals surface area contributed by atoms with Crippen LogP contribution >= 0.6 is 0 Å². The number of rotatable bonds is 8. The van der Waals surface area contributed by atoms with Crippen LogP contribution in [0.4, 0.5) is 0 Å². The van der Waals surface area contributed by atoms with Gasteiger partial charge in [0.2, 0.25) is 5.89 Å². The summed E-state index contributed by atoms with van der Waals surface area (Å²) in [6.07, 6.45) is 5.96. The molecule has 0 aromatic carbocycles. The van der Waals surface area contributed by atoms with Gasteiger partial charge in [0.15, 0.2) is 5.82 Å². The Morgan fingerprint density at radius 2 is 2.12 bits per heavy atom. The van der Waals surface area contributed by atoms with Gasteiger partial charge in [-0.2, -0.15) is 4.98 Å². The molecule has 2 rings (SSSR count). The Kier molecular flexibility index (Phi) is 4.54. The molecule has 0 amide bonds. The predicted octanol–water partition coefficient (Wildman–Crippen LogP) is 2.64. The van der Waals surface area contributed by atoms with Crippen molar-refractivity contribution >= 4 is 0 Å². The van der Waals surface area contributed by atoms with E-state index < -0.39 is 0 Å². The fraction of sp³-hybridized carbons (Fsp3) is 0.846. The highest BCUT2D eigenvalue weighted by Gasteiger charge is 2.24. The van der Waals surface area contributed by atoms with E-state index in [1.165, 1.54) is 25.8 Å². The summed E-state index contributed by atoms with van der Waals surface area (Å²) < 4.78 is 5.29. The lowest BCUT2D eigenvalue weighted by molar-refractivity contribution is 0.218. The summed E-state index contributed by atoms with van der Waals surface area (Å²) in [5.41, 5.74) is 0. The third-order valence-corrected chi connectivity index (χ3v) is 3.10. The van der Waals surface area contributed by atoms with E-state index in [-0.39, 0.29) is 0 Å². The molecule has 0 aliphatic heterocycles. The quantitative estimate of drug-likeness (QED) is 0.697. The Morgan fingerprint density at radius 1 is 1.29 bits per heavy atom. The molecule has 0 saturated heterocycles. The van der Waals surface area contributed by atoms with Crippen molar-refractivity contribution < 1.29 is 4.52 Å². The van der Waals surface area contributed by atoms with Crippen molar-refractivity contribution in [3.63, 3.8) is 0 Å². The van der Waals surface area contributed by atoms with Gasteiger partial charge in [0.1, 0.15) is 0 Å². The standard InChI is InChI=1S/C13H23N3O/c1-3-5-12-14-13(17-15-12)10-16(8-4-2)9-11-6-7-11/h11H,3-10H2,1-2H3. The molecule has 1 fully saturated rings. The summed E-state index contributed by atoms with van der Waals surface area (Å²) in [6.45, 7) is 7.49. The molecule has 0 N–H and O–H groups in total. The summed E-state index contributed by atoms with van der Waals surface area (Å²) in [5, 5.41) is 4.00. The normalized spacial score (nSPS) is 15.7. The van der Waals surface area contributed by atoms with Crippen LogP contribution in [0.1, 0.15) is 51.2 Å². The van der Waals surface area contributed by atoms with E-state index in [1.807, 2.05) is 0 Å². The monoisotopic (exact) mass is 237 g/mol. The first-order valence-corrected chi connectivity index (χ1v) is 6.85. The number of nitrogens with zero attached hydrogens (tertiary/aromatic N) is 3. The van der Waals surface area contributed by atoms with Crippen molar-refractivity contribution in [2.45, 2.75) is 52.5 Å². The highest BCUT2D eigenvalue weighted by atomic mass is 16.5. The third kappa shape index (κ3) is 4.11. The van der Waals surface area contributed by atoms with Crippen LogP contribution in [0.2, 0.25) is 0 Å². The lowest BCUT2D eigenvalue weighted by Gasteiger charge is -2.18. The Bertz CT molecular complexity index is 333. The Morgan fingerprint density at radius 3 is 2.76 bits per heavy atom. The molecule has 4 nitrogen and oxygen atoms in total. The van der Waals surface area contributed by atoms with Gasteiger partial charge in [0.05, 0.1) is 6.54 Å². The molecule has 0 unspecified atom stereocenters. The maximum atomic E-state index is 5.29. The molecule has 0 radical (unpaired) electrons. The van der Waals surface area contributed by atoms with Crippen molar-refractivity contribution in [3.05, 3.63) is 11.7 Å². The molecule has 0 atom stereocenters. The number of aromatic nitrogens is 2. The molecule has 1 aromatic heterocycles. The minimum absolute atomic E-state index is 0.780. The largest absolute Gasteiger partial charge is 0.338 e. The zero-order chi connectivity index (χ0) is 12.1. The van der Waals surface area contributed by atoms with Gasteiger partial charge < -0.3 is 4.52 Å². The Labute approximate surface area is 103 Å². The van der Waals surface area contributed by atoms with Crippen LogP contribution in [0.5, 0.6) is 0 Å². The summed E-state index contributed by atoms with van der Waals surface area (Å²) in [5.74, 6) is 2.55. The van der Waals surface area contributed by atoms with Crippen molar-refractivity contribution in [1.82, 2.24) is 15.0 Å². The molecule has 1 saturated carbocycles. The minimum Gasteiger partial charge on any atom is -0.338 e. The molecule has 17 heavy (non-hydrogen) atoms. The van der Waals surface area contributed by atoms with Gasteiger partial charge in [-0.25, -0.2) is 0 Å². The number of hydrogen-bond donors (Lipinski definition) is 0. The molecular formula is C13H23N3O. The van der Waals surface area contributed by atoms with Gasteiger partial charge in [0.25, 0.3) is 0 Å². The maximum absolute atomic E-state index is 5.29. The molecular weight excluding hydrogens is 214 g/mol. The second-order valence-corrected chi connectivity index (χ2v) is 5.03. The van der Waals surface area contributed by atoms with Crippen LogP contribution in [0.25, 0.3) is 0 Å². The first-order chi connectivity index (χ1) is 8.31. The van der Waals surface area contributed by atoms with Crippen molar-refractivity contribution in [3.8, 4) is 0 Å². The summed E-state index contributed by atoms with van der Waals surface area (Å²) in [7, 11) is 0. The van der Waals surface area contributed by atoms with Crippen LogP contribution < -0.4 is 0 Å².